The Bertz CT molecular complexity index is 260. The van der Waals surface area contributed by atoms with E-state index in [1.165, 1.54) is 0 Å². The smallest absolute Gasteiger partial charge is 0.202 e. The lowest BCUT2D eigenvalue weighted by molar-refractivity contribution is 0.206. The van der Waals surface area contributed by atoms with E-state index in [1.807, 2.05) is 0 Å². The van der Waals surface area contributed by atoms with Crippen molar-refractivity contribution >= 4 is 8.32 Å². The summed E-state index contributed by atoms with van der Waals surface area (Å²) in [5.41, 5.74) is 1.68. The zero-order valence-corrected chi connectivity index (χ0v) is 12.6. The largest absolute Gasteiger partial charge is 0.400 e. The summed E-state index contributed by atoms with van der Waals surface area (Å²) in [6.07, 6.45) is 7.74. The Morgan fingerprint density at radius 1 is 1.00 bits per heavy atom. The number of hydrogen-bond acceptors (Lipinski definition) is 1. The molecular weight excluding hydrogens is 212 g/mol. The van der Waals surface area contributed by atoms with Crippen LogP contribution < -0.4 is 0 Å². The quantitative estimate of drug-likeness (QED) is 0.511. The lowest BCUT2D eigenvalue weighted by Gasteiger charge is -2.44. The van der Waals surface area contributed by atoms with Gasteiger partial charge in [-0.25, -0.2) is 0 Å². The highest BCUT2D eigenvalue weighted by Crippen LogP contribution is 2.50. The van der Waals surface area contributed by atoms with E-state index in [-0.39, 0.29) is 5.60 Å². The number of terminal acetylenes is 1. The van der Waals surface area contributed by atoms with Gasteiger partial charge in [-0.1, -0.05) is 47.5 Å². The molecule has 1 aliphatic rings. The minimum absolute atomic E-state index is 0.189. The van der Waals surface area contributed by atoms with Crippen LogP contribution in [0.25, 0.3) is 0 Å². The molecule has 16 heavy (non-hydrogen) atoms. The molecule has 0 aliphatic heterocycles. The van der Waals surface area contributed by atoms with Crippen LogP contribution >= 0.6 is 0 Å². The molecule has 0 atom stereocenters. The number of rotatable bonds is 5. The summed E-state index contributed by atoms with van der Waals surface area (Å²) in [4.78, 5) is 0. The second-order valence-corrected chi connectivity index (χ2v) is 11.4. The van der Waals surface area contributed by atoms with Gasteiger partial charge in [-0.3, -0.25) is 0 Å². The summed E-state index contributed by atoms with van der Waals surface area (Å²) in [6.45, 7) is 13.8. The predicted octanol–water partition coefficient (Wildman–Crippen LogP) is 4.34. The lowest BCUT2D eigenvalue weighted by atomic mass is 10.4. The molecule has 0 bridgehead atoms. The van der Waals surface area contributed by atoms with Crippen LogP contribution in [0.2, 0.25) is 16.6 Å². The van der Waals surface area contributed by atoms with Crippen molar-refractivity contribution in [2.24, 2.45) is 0 Å². The molecule has 0 spiro atoms. The van der Waals surface area contributed by atoms with E-state index < -0.39 is 8.32 Å². The molecular formula is C14H26OSi. The van der Waals surface area contributed by atoms with Crippen molar-refractivity contribution in [2.75, 3.05) is 0 Å². The van der Waals surface area contributed by atoms with Crippen molar-refractivity contribution in [2.45, 2.75) is 76.6 Å². The Kier molecular flexibility index (Phi) is 3.92. The van der Waals surface area contributed by atoms with Crippen molar-refractivity contribution in [1.82, 2.24) is 0 Å². The average Bonchev–Trinajstić information content (AvgIpc) is 2.93. The van der Waals surface area contributed by atoms with Gasteiger partial charge in [0.25, 0.3) is 0 Å². The third kappa shape index (κ3) is 2.21. The Morgan fingerprint density at radius 2 is 1.38 bits per heavy atom. The molecule has 0 heterocycles. The molecule has 0 amide bonds. The van der Waals surface area contributed by atoms with Gasteiger partial charge < -0.3 is 4.43 Å². The van der Waals surface area contributed by atoms with Gasteiger partial charge in [0.05, 0.1) is 0 Å². The standard InChI is InChI=1S/C14H26OSi/c1-8-14(9-10-14)15-16(11(2)3,12(4)5)13(6)7/h1,11-13H,9-10H2,2-7H3. The zero-order chi connectivity index (χ0) is 12.6. The van der Waals surface area contributed by atoms with Crippen LogP contribution in [0.1, 0.15) is 54.4 Å². The average molecular weight is 238 g/mol. The summed E-state index contributed by atoms with van der Waals surface area (Å²) in [6, 6.07) is 0. The van der Waals surface area contributed by atoms with E-state index in [0.717, 1.165) is 12.8 Å². The molecule has 0 unspecified atom stereocenters. The Hall–Kier alpha value is -0.263. The van der Waals surface area contributed by atoms with Crippen molar-refractivity contribution in [3.05, 3.63) is 0 Å². The molecule has 0 aromatic rings. The fourth-order valence-electron chi connectivity index (χ4n) is 3.08. The van der Waals surface area contributed by atoms with Gasteiger partial charge in [-0.05, 0) is 29.5 Å². The van der Waals surface area contributed by atoms with Crippen molar-refractivity contribution in [1.29, 1.82) is 0 Å². The summed E-state index contributed by atoms with van der Waals surface area (Å²) in [5.74, 6) is 2.88. The molecule has 1 fully saturated rings. The maximum atomic E-state index is 6.57. The summed E-state index contributed by atoms with van der Waals surface area (Å²) >= 11 is 0. The molecule has 0 radical (unpaired) electrons. The van der Waals surface area contributed by atoms with E-state index >= 15 is 0 Å². The normalized spacial score (nSPS) is 19.2. The molecule has 0 saturated heterocycles. The summed E-state index contributed by atoms with van der Waals surface area (Å²) in [7, 11) is -1.76. The van der Waals surface area contributed by atoms with Gasteiger partial charge in [0.1, 0.15) is 5.60 Å². The fraction of sp³-hybridized carbons (Fsp3) is 0.857. The maximum absolute atomic E-state index is 6.57. The van der Waals surface area contributed by atoms with E-state index in [0.29, 0.717) is 16.6 Å². The van der Waals surface area contributed by atoms with Gasteiger partial charge >= 0.3 is 0 Å². The van der Waals surface area contributed by atoms with Crippen molar-refractivity contribution in [3.8, 4) is 12.3 Å². The molecule has 1 rings (SSSR count). The van der Waals surface area contributed by atoms with Gasteiger partial charge in [0.2, 0.25) is 8.32 Å². The monoisotopic (exact) mass is 238 g/mol. The van der Waals surface area contributed by atoms with E-state index in [2.05, 4.69) is 47.5 Å². The minimum atomic E-state index is -1.76. The Labute approximate surface area is 102 Å². The van der Waals surface area contributed by atoms with Crippen LogP contribution in [0, 0.1) is 12.3 Å². The van der Waals surface area contributed by atoms with Gasteiger partial charge in [0, 0.05) is 0 Å². The third-order valence-corrected chi connectivity index (χ3v) is 10.2. The van der Waals surface area contributed by atoms with E-state index in [9.17, 15) is 0 Å². The van der Waals surface area contributed by atoms with Gasteiger partial charge in [0.15, 0.2) is 0 Å². The van der Waals surface area contributed by atoms with Gasteiger partial charge in [-0.15, -0.1) is 6.42 Å². The first-order valence-corrected chi connectivity index (χ1v) is 8.62. The Balaban J connectivity index is 2.99. The molecule has 1 saturated carbocycles. The molecule has 2 heteroatoms. The molecule has 1 nitrogen and oxygen atoms in total. The highest BCUT2D eigenvalue weighted by Gasteiger charge is 2.54. The van der Waals surface area contributed by atoms with Crippen LogP contribution in [-0.4, -0.2) is 13.9 Å². The second-order valence-electron chi connectivity index (χ2n) is 6.06. The van der Waals surface area contributed by atoms with Crippen molar-refractivity contribution in [3.63, 3.8) is 0 Å². The second kappa shape index (κ2) is 4.54. The molecule has 92 valence electrons. The fourth-order valence-corrected chi connectivity index (χ4v) is 8.73. The van der Waals surface area contributed by atoms with Crippen LogP contribution in [0.3, 0.4) is 0 Å². The summed E-state index contributed by atoms with van der Waals surface area (Å²) in [5, 5.41) is 0. The van der Waals surface area contributed by atoms with Crippen LogP contribution in [-0.2, 0) is 4.43 Å². The molecule has 1 aliphatic carbocycles. The lowest BCUT2D eigenvalue weighted by Crippen LogP contribution is -2.50. The number of hydrogen-bond donors (Lipinski definition) is 0. The topological polar surface area (TPSA) is 9.23 Å². The highest BCUT2D eigenvalue weighted by molar-refractivity contribution is 6.77. The summed E-state index contributed by atoms with van der Waals surface area (Å²) < 4.78 is 6.57. The highest BCUT2D eigenvalue weighted by atomic mass is 28.4. The first kappa shape index (κ1) is 13.8. The zero-order valence-electron chi connectivity index (χ0n) is 11.6. The SMILES string of the molecule is C#CC1(O[Si](C(C)C)(C(C)C)C(C)C)CC1. The van der Waals surface area contributed by atoms with Crippen LogP contribution in [0.4, 0.5) is 0 Å². The minimum Gasteiger partial charge on any atom is -0.400 e. The van der Waals surface area contributed by atoms with Crippen LogP contribution in [0.5, 0.6) is 0 Å². The third-order valence-electron chi connectivity index (χ3n) is 4.05. The molecule has 0 aromatic heterocycles. The first-order chi connectivity index (χ1) is 7.31. The molecule has 0 N–H and O–H groups in total. The van der Waals surface area contributed by atoms with Gasteiger partial charge in [-0.2, -0.15) is 0 Å². The van der Waals surface area contributed by atoms with E-state index in [4.69, 9.17) is 10.8 Å². The van der Waals surface area contributed by atoms with Crippen molar-refractivity contribution < 1.29 is 4.43 Å². The Morgan fingerprint density at radius 3 is 1.56 bits per heavy atom. The van der Waals surface area contributed by atoms with Crippen LogP contribution in [0.15, 0.2) is 0 Å². The molecule has 0 aromatic carbocycles. The van der Waals surface area contributed by atoms with E-state index in [1.54, 1.807) is 0 Å². The first-order valence-electron chi connectivity index (χ1n) is 6.48. The maximum Gasteiger partial charge on any atom is 0.202 e. The predicted molar refractivity (Wildman–Crippen MR) is 72.9 cm³/mol.